The Balaban J connectivity index is 1.48. The molecule has 3 aromatic heterocycles. The third-order valence-electron chi connectivity index (χ3n) is 5.06. The number of rotatable bonds is 4. The summed E-state index contributed by atoms with van der Waals surface area (Å²) in [7, 11) is 3.22. The van der Waals surface area contributed by atoms with Crippen LogP contribution < -0.4 is 15.6 Å². The van der Waals surface area contributed by atoms with Gasteiger partial charge in [0.25, 0.3) is 5.56 Å². The van der Waals surface area contributed by atoms with Crippen LogP contribution in [0.2, 0.25) is 0 Å². The molecular formula is C21H16BrN5O4. The molecular weight excluding hydrogens is 466 g/mol. The lowest BCUT2D eigenvalue weighted by Crippen LogP contribution is -2.28. The van der Waals surface area contributed by atoms with Gasteiger partial charge in [-0.1, -0.05) is 18.2 Å². The van der Waals surface area contributed by atoms with Gasteiger partial charge < -0.3 is 14.5 Å². The van der Waals surface area contributed by atoms with Crippen molar-refractivity contribution in [2.75, 3.05) is 12.4 Å². The Morgan fingerprint density at radius 1 is 1.23 bits per heavy atom. The number of nitrogens with one attached hydrogen (secondary N) is 1. The topological polar surface area (TPSA) is 104 Å². The molecule has 2 aromatic carbocycles. The average molecular weight is 482 g/mol. The number of amides is 1. The van der Waals surface area contributed by atoms with Crippen molar-refractivity contribution in [2.45, 2.75) is 6.54 Å². The van der Waals surface area contributed by atoms with E-state index in [0.29, 0.717) is 32.7 Å². The van der Waals surface area contributed by atoms with E-state index in [4.69, 9.17) is 9.15 Å². The van der Waals surface area contributed by atoms with E-state index in [1.165, 1.54) is 22.7 Å². The summed E-state index contributed by atoms with van der Waals surface area (Å²) in [6.45, 7) is -0.218. The molecule has 0 bridgehead atoms. The number of carbonyl (C=O) groups excluding carboxylic acids is 1. The summed E-state index contributed by atoms with van der Waals surface area (Å²) in [6, 6.07) is 11.2. The summed E-state index contributed by atoms with van der Waals surface area (Å²) >= 11 is 3.27. The Hall–Kier alpha value is -3.66. The number of carbonyl (C=O) groups is 1. The molecule has 1 N–H and O–H groups in total. The van der Waals surface area contributed by atoms with Crippen LogP contribution in [-0.2, 0) is 18.4 Å². The van der Waals surface area contributed by atoms with Crippen LogP contribution in [0.15, 0.2) is 56.5 Å². The highest BCUT2D eigenvalue weighted by Gasteiger charge is 2.17. The van der Waals surface area contributed by atoms with Crippen LogP contribution in [-0.4, -0.2) is 32.3 Å². The lowest BCUT2D eigenvalue weighted by atomic mass is 10.1. The van der Waals surface area contributed by atoms with E-state index in [1.54, 1.807) is 13.1 Å². The smallest absolute Gasteiger partial charge is 0.266 e. The Labute approximate surface area is 183 Å². The highest BCUT2D eigenvalue weighted by Crippen LogP contribution is 2.36. The normalized spacial score (nSPS) is 11.5. The van der Waals surface area contributed by atoms with Gasteiger partial charge in [0.15, 0.2) is 5.65 Å². The van der Waals surface area contributed by atoms with E-state index in [1.807, 2.05) is 30.3 Å². The summed E-state index contributed by atoms with van der Waals surface area (Å²) in [5.41, 5.74) is 1.89. The Bertz CT molecular complexity index is 1550. The minimum absolute atomic E-state index is 0.218. The Morgan fingerprint density at radius 2 is 2.03 bits per heavy atom. The molecule has 3 heterocycles. The quantitative estimate of drug-likeness (QED) is 0.421. The first-order valence-corrected chi connectivity index (χ1v) is 10.1. The predicted octanol–water partition coefficient (Wildman–Crippen LogP) is 3.44. The number of hydrogen-bond donors (Lipinski definition) is 1. The van der Waals surface area contributed by atoms with Crippen LogP contribution in [0, 0.1) is 0 Å². The van der Waals surface area contributed by atoms with Gasteiger partial charge in [0.05, 0.1) is 12.8 Å². The number of fused-ring (bicyclic) bond motifs is 4. The van der Waals surface area contributed by atoms with Crippen LogP contribution in [0.4, 0.5) is 5.69 Å². The molecule has 156 valence electrons. The van der Waals surface area contributed by atoms with Gasteiger partial charge in [-0.3, -0.25) is 14.2 Å². The van der Waals surface area contributed by atoms with Gasteiger partial charge >= 0.3 is 0 Å². The zero-order valence-corrected chi connectivity index (χ0v) is 18.1. The minimum atomic E-state index is -0.406. The monoisotopic (exact) mass is 481 g/mol. The number of benzene rings is 2. The van der Waals surface area contributed by atoms with Gasteiger partial charge in [-0.2, -0.15) is 5.10 Å². The van der Waals surface area contributed by atoms with Crippen molar-refractivity contribution >= 4 is 60.5 Å². The van der Waals surface area contributed by atoms with Crippen molar-refractivity contribution in [3.8, 4) is 5.75 Å². The number of methoxy groups -OCH3 is 1. The van der Waals surface area contributed by atoms with Gasteiger partial charge in [0.1, 0.15) is 39.8 Å². The summed E-state index contributed by atoms with van der Waals surface area (Å²) in [5.74, 6) is 0.0837. The lowest BCUT2D eigenvalue weighted by Gasteiger charge is -2.11. The number of halogens is 1. The molecule has 0 atom stereocenters. The third-order valence-corrected chi connectivity index (χ3v) is 5.61. The average Bonchev–Trinajstić information content (AvgIpc) is 3.25. The van der Waals surface area contributed by atoms with E-state index in [2.05, 4.69) is 31.3 Å². The van der Waals surface area contributed by atoms with E-state index >= 15 is 0 Å². The fourth-order valence-corrected chi connectivity index (χ4v) is 4.20. The van der Waals surface area contributed by atoms with Crippen molar-refractivity contribution in [1.29, 1.82) is 0 Å². The van der Waals surface area contributed by atoms with E-state index < -0.39 is 5.91 Å². The van der Waals surface area contributed by atoms with Crippen molar-refractivity contribution in [3.05, 3.63) is 57.7 Å². The maximum atomic E-state index is 12.8. The van der Waals surface area contributed by atoms with Crippen LogP contribution in [0.1, 0.15) is 0 Å². The molecule has 1 amide bonds. The summed E-state index contributed by atoms with van der Waals surface area (Å²) in [4.78, 5) is 29.7. The zero-order chi connectivity index (χ0) is 21.7. The Morgan fingerprint density at radius 3 is 2.84 bits per heavy atom. The van der Waals surface area contributed by atoms with Crippen LogP contribution in [0.5, 0.6) is 5.75 Å². The Kier molecular flexibility index (Phi) is 4.51. The van der Waals surface area contributed by atoms with Gasteiger partial charge in [0.2, 0.25) is 5.91 Å². The molecule has 0 radical (unpaired) electrons. The standard InChI is InChI=1S/C21H16BrN5O4/c1-26-20-18(19(22)25-26)21(29)27(10-23-20)9-17(28)24-13-8-15-12(7-16(13)30-2)11-5-3-4-6-14(11)31-15/h3-8,10H,9H2,1-2H3,(H,24,28). The fraction of sp³-hybridized carbons (Fsp3) is 0.143. The third kappa shape index (κ3) is 3.15. The number of para-hydroxylation sites is 1. The second-order valence-electron chi connectivity index (χ2n) is 6.99. The molecule has 0 aliphatic rings. The second kappa shape index (κ2) is 7.24. The molecule has 31 heavy (non-hydrogen) atoms. The maximum Gasteiger partial charge on any atom is 0.266 e. The number of anilines is 1. The number of furan rings is 1. The SMILES string of the molecule is COc1cc2c(cc1NC(=O)Cn1cnc3c(c(Br)nn3C)c1=O)oc1ccccc12. The molecule has 5 rings (SSSR count). The summed E-state index contributed by atoms with van der Waals surface area (Å²) in [5, 5.41) is 9.10. The van der Waals surface area contributed by atoms with Crippen molar-refractivity contribution < 1.29 is 13.9 Å². The molecule has 9 nitrogen and oxygen atoms in total. The van der Waals surface area contributed by atoms with Crippen molar-refractivity contribution in [3.63, 3.8) is 0 Å². The zero-order valence-electron chi connectivity index (χ0n) is 16.5. The van der Waals surface area contributed by atoms with Crippen molar-refractivity contribution in [1.82, 2.24) is 19.3 Å². The van der Waals surface area contributed by atoms with Gasteiger partial charge in [-0.05, 0) is 28.1 Å². The molecule has 10 heteroatoms. The predicted molar refractivity (Wildman–Crippen MR) is 119 cm³/mol. The fourth-order valence-electron chi connectivity index (χ4n) is 3.61. The second-order valence-corrected chi connectivity index (χ2v) is 7.74. The minimum Gasteiger partial charge on any atom is -0.495 e. The number of aryl methyl sites for hydroxylation is 1. The highest BCUT2D eigenvalue weighted by atomic mass is 79.9. The molecule has 0 aliphatic carbocycles. The highest BCUT2D eigenvalue weighted by molar-refractivity contribution is 9.10. The number of nitrogens with zero attached hydrogens (tertiary/aromatic N) is 4. The summed E-state index contributed by atoms with van der Waals surface area (Å²) < 4.78 is 14.5. The molecule has 0 spiro atoms. The molecule has 0 aliphatic heterocycles. The largest absolute Gasteiger partial charge is 0.495 e. The molecule has 0 fully saturated rings. The molecule has 5 aromatic rings. The number of aromatic nitrogens is 4. The van der Waals surface area contributed by atoms with Gasteiger partial charge in [-0.25, -0.2) is 9.67 Å². The van der Waals surface area contributed by atoms with Crippen LogP contribution in [0.25, 0.3) is 33.0 Å². The molecule has 0 saturated heterocycles. The molecule has 0 unspecified atom stereocenters. The molecule has 0 saturated carbocycles. The van der Waals surface area contributed by atoms with E-state index in [9.17, 15) is 9.59 Å². The van der Waals surface area contributed by atoms with Crippen molar-refractivity contribution in [2.24, 2.45) is 7.05 Å². The van der Waals surface area contributed by atoms with Gasteiger partial charge in [0, 0.05) is 23.9 Å². The number of hydrogen-bond acceptors (Lipinski definition) is 6. The lowest BCUT2D eigenvalue weighted by molar-refractivity contribution is -0.116. The van der Waals surface area contributed by atoms with E-state index in [-0.39, 0.29) is 12.1 Å². The van der Waals surface area contributed by atoms with Crippen LogP contribution in [0.3, 0.4) is 0 Å². The van der Waals surface area contributed by atoms with E-state index in [0.717, 1.165) is 16.4 Å². The maximum absolute atomic E-state index is 12.8. The van der Waals surface area contributed by atoms with Gasteiger partial charge in [-0.15, -0.1) is 0 Å². The summed E-state index contributed by atoms with van der Waals surface area (Å²) in [6.07, 6.45) is 1.33. The number of ether oxygens (including phenoxy) is 1. The first-order valence-electron chi connectivity index (χ1n) is 9.33. The first-order chi connectivity index (χ1) is 15.0. The first kappa shape index (κ1) is 19.3. The van der Waals surface area contributed by atoms with Crippen LogP contribution >= 0.6 is 15.9 Å².